The number of nitrogens with zero attached hydrogens (tertiary/aromatic N) is 2. The highest BCUT2D eigenvalue weighted by Gasteiger charge is 2.26. The highest BCUT2D eigenvalue weighted by Crippen LogP contribution is 2.45. The van der Waals surface area contributed by atoms with Gasteiger partial charge in [0.2, 0.25) is 0 Å². The Labute approximate surface area is 156 Å². The molecular formula is C18H15Cl3N2O. The summed E-state index contributed by atoms with van der Waals surface area (Å²) < 4.78 is 5.37. The molecule has 0 aliphatic carbocycles. The third-order valence-corrected chi connectivity index (χ3v) is 5.16. The molecule has 2 heterocycles. The molecule has 0 radical (unpaired) electrons. The van der Waals surface area contributed by atoms with Crippen molar-refractivity contribution in [2.75, 3.05) is 14.2 Å². The van der Waals surface area contributed by atoms with Crippen LogP contribution in [-0.4, -0.2) is 24.0 Å². The molecule has 124 valence electrons. The van der Waals surface area contributed by atoms with E-state index in [9.17, 15) is 0 Å². The summed E-state index contributed by atoms with van der Waals surface area (Å²) >= 11 is 19.1. The van der Waals surface area contributed by atoms with Gasteiger partial charge in [-0.05, 0) is 30.7 Å². The van der Waals surface area contributed by atoms with Gasteiger partial charge in [0.05, 0.1) is 22.9 Å². The van der Waals surface area contributed by atoms with Crippen molar-refractivity contribution in [1.82, 2.24) is 9.88 Å². The van der Waals surface area contributed by atoms with E-state index < -0.39 is 0 Å². The molecule has 0 bridgehead atoms. The van der Waals surface area contributed by atoms with Crippen LogP contribution in [0.25, 0.3) is 17.5 Å². The first-order valence-corrected chi connectivity index (χ1v) is 8.31. The molecule has 3 rings (SSSR count). The minimum atomic E-state index is 0.424. The number of fused-ring (bicyclic) bond motifs is 1. The lowest BCUT2D eigenvalue weighted by atomic mass is 9.97. The normalized spacial score (nSPS) is 13.7. The Hall–Kier alpha value is -1.68. The van der Waals surface area contributed by atoms with Crippen molar-refractivity contribution >= 4 is 52.3 Å². The lowest BCUT2D eigenvalue weighted by Gasteiger charge is -2.31. The van der Waals surface area contributed by atoms with Gasteiger partial charge in [0.25, 0.3) is 0 Å². The Kier molecular flexibility index (Phi) is 4.52. The maximum absolute atomic E-state index is 6.55. The Bertz CT molecular complexity index is 890. The molecule has 0 saturated carbocycles. The van der Waals surface area contributed by atoms with Crippen LogP contribution in [0.4, 0.5) is 0 Å². The van der Waals surface area contributed by atoms with Crippen LogP contribution in [0.2, 0.25) is 15.2 Å². The molecule has 0 unspecified atom stereocenters. The second kappa shape index (κ2) is 6.32. The third-order valence-electron chi connectivity index (χ3n) is 4.10. The fourth-order valence-electron chi connectivity index (χ4n) is 2.73. The fraction of sp³-hybridized carbons (Fsp3) is 0.167. The first-order chi connectivity index (χ1) is 11.3. The molecule has 24 heavy (non-hydrogen) atoms. The summed E-state index contributed by atoms with van der Waals surface area (Å²) in [5, 5.41) is 1.47. The summed E-state index contributed by atoms with van der Waals surface area (Å²) in [5.74, 6) is 0.577. The van der Waals surface area contributed by atoms with Gasteiger partial charge in [0.15, 0.2) is 0 Å². The molecule has 0 amide bonds. The van der Waals surface area contributed by atoms with Gasteiger partial charge in [0.1, 0.15) is 10.9 Å². The Morgan fingerprint density at radius 3 is 2.54 bits per heavy atom. The van der Waals surface area contributed by atoms with E-state index in [4.69, 9.17) is 39.5 Å². The van der Waals surface area contributed by atoms with Gasteiger partial charge in [-0.15, -0.1) is 0 Å². The molecule has 6 heteroatoms. The number of hydrogen-bond acceptors (Lipinski definition) is 3. The number of aryl methyl sites for hydroxylation is 1. The molecule has 1 aromatic heterocycles. The van der Waals surface area contributed by atoms with Gasteiger partial charge in [0, 0.05) is 35.6 Å². The quantitative estimate of drug-likeness (QED) is 0.617. The zero-order valence-electron chi connectivity index (χ0n) is 13.5. The minimum Gasteiger partial charge on any atom is -0.495 e. The number of ether oxygens (including phenoxy) is 1. The van der Waals surface area contributed by atoms with Gasteiger partial charge in [-0.3, -0.25) is 0 Å². The summed E-state index contributed by atoms with van der Waals surface area (Å²) in [6.07, 6.45) is 3.68. The lowest BCUT2D eigenvalue weighted by molar-refractivity contribution is 0.414. The van der Waals surface area contributed by atoms with Gasteiger partial charge in [-0.25, -0.2) is 4.98 Å². The lowest BCUT2D eigenvalue weighted by Crippen LogP contribution is -2.19. The van der Waals surface area contributed by atoms with Crippen molar-refractivity contribution in [3.8, 4) is 5.75 Å². The first kappa shape index (κ1) is 17.2. The van der Waals surface area contributed by atoms with Crippen LogP contribution in [0.5, 0.6) is 5.75 Å². The van der Waals surface area contributed by atoms with E-state index in [-0.39, 0.29) is 0 Å². The van der Waals surface area contributed by atoms with Crippen LogP contribution in [-0.2, 0) is 0 Å². The average Bonchev–Trinajstić information content (AvgIpc) is 2.56. The smallest absolute Gasteiger partial charge is 0.138 e. The molecular weight excluding hydrogens is 367 g/mol. The van der Waals surface area contributed by atoms with Gasteiger partial charge < -0.3 is 9.64 Å². The highest BCUT2D eigenvalue weighted by atomic mass is 35.5. The molecule has 2 aromatic rings. The molecule has 0 N–H and O–H groups in total. The summed E-state index contributed by atoms with van der Waals surface area (Å²) in [7, 11) is 3.49. The molecule has 1 aliphatic rings. The predicted octanol–water partition coefficient (Wildman–Crippen LogP) is 5.77. The Morgan fingerprint density at radius 1 is 1.17 bits per heavy atom. The fourth-order valence-corrected chi connectivity index (χ4v) is 3.50. The molecule has 0 spiro atoms. The maximum Gasteiger partial charge on any atom is 0.138 e. The Balaban J connectivity index is 2.29. The number of halogens is 3. The van der Waals surface area contributed by atoms with Gasteiger partial charge in [-0.1, -0.05) is 41.4 Å². The summed E-state index contributed by atoms with van der Waals surface area (Å²) in [6.45, 7) is 6.07. The number of methoxy groups -OCH3 is 1. The highest BCUT2D eigenvalue weighted by molar-refractivity contribution is 6.39. The topological polar surface area (TPSA) is 25.4 Å². The molecule has 3 nitrogen and oxygen atoms in total. The molecule has 0 atom stereocenters. The predicted molar refractivity (Wildman–Crippen MR) is 102 cm³/mol. The van der Waals surface area contributed by atoms with Crippen molar-refractivity contribution < 1.29 is 4.74 Å². The summed E-state index contributed by atoms with van der Waals surface area (Å²) in [5.41, 5.74) is 5.04. The summed E-state index contributed by atoms with van der Waals surface area (Å²) in [4.78, 5) is 6.08. The Morgan fingerprint density at radius 2 is 1.88 bits per heavy atom. The van der Waals surface area contributed by atoms with Crippen molar-refractivity contribution in [2.24, 2.45) is 0 Å². The van der Waals surface area contributed by atoms with Crippen molar-refractivity contribution in [3.05, 3.63) is 62.4 Å². The van der Waals surface area contributed by atoms with Crippen LogP contribution in [0.15, 0.2) is 24.9 Å². The second-order valence-corrected chi connectivity index (χ2v) is 6.67. The second-order valence-electron chi connectivity index (χ2n) is 5.53. The minimum absolute atomic E-state index is 0.424. The van der Waals surface area contributed by atoms with Crippen molar-refractivity contribution in [1.29, 1.82) is 0 Å². The SMILES string of the molecule is C=C1c2cc(Cl)ncc2C=C(c2c(Cl)c(C)cc(OC)c2Cl)N1C. The van der Waals surface area contributed by atoms with E-state index >= 15 is 0 Å². The van der Waals surface area contributed by atoms with Crippen LogP contribution in [0.1, 0.15) is 22.3 Å². The monoisotopic (exact) mass is 380 g/mol. The van der Waals surface area contributed by atoms with E-state index in [0.717, 1.165) is 28.1 Å². The number of aromatic nitrogens is 1. The van der Waals surface area contributed by atoms with E-state index in [0.29, 0.717) is 26.5 Å². The van der Waals surface area contributed by atoms with Crippen molar-refractivity contribution in [2.45, 2.75) is 6.92 Å². The molecule has 1 aliphatic heterocycles. The van der Waals surface area contributed by atoms with Crippen LogP contribution < -0.4 is 4.74 Å². The first-order valence-electron chi connectivity index (χ1n) is 7.18. The maximum atomic E-state index is 6.55. The average molecular weight is 382 g/mol. The number of hydrogen-bond donors (Lipinski definition) is 0. The number of benzene rings is 1. The van der Waals surface area contributed by atoms with Gasteiger partial charge >= 0.3 is 0 Å². The van der Waals surface area contributed by atoms with Crippen LogP contribution in [0.3, 0.4) is 0 Å². The molecule has 0 fully saturated rings. The molecule has 0 saturated heterocycles. The number of pyridine rings is 1. The van der Waals surface area contributed by atoms with E-state index in [2.05, 4.69) is 11.6 Å². The van der Waals surface area contributed by atoms with E-state index in [1.54, 1.807) is 19.4 Å². The largest absolute Gasteiger partial charge is 0.495 e. The van der Waals surface area contributed by atoms with E-state index in [1.807, 2.05) is 31.0 Å². The van der Waals surface area contributed by atoms with Crippen molar-refractivity contribution in [3.63, 3.8) is 0 Å². The zero-order valence-corrected chi connectivity index (χ0v) is 15.7. The molecule has 1 aromatic carbocycles. The zero-order chi connectivity index (χ0) is 17.6. The standard InChI is InChI=1S/C18H15Cl3N2O/c1-9-5-14(24-4)18(21)16(17(9)20)13-6-11-8-22-15(19)7-12(11)10(2)23(13)3/h5-8H,2H2,1,3-4H3. The third kappa shape index (κ3) is 2.67. The van der Waals surface area contributed by atoms with Crippen LogP contribution in [0, 0.1) is 6.92 Å². The van der Waals surface area contributed by atoms with E-state index in [1.165, 1.54) is 0 Å². The number of rotatable bonds is 2. The van der Waals surface area contributed by atoms with Crippen LogP contribution >= 0.6 is 34.8 Å². The summed E-state index contributed by atoms with van der Waals surface area (Å²) in [6, 6.07) is 3.62. The van der Waals surface area contributed by atoms with Gasteiger partial charge in [-0.2, -0.15) is 0 Å².